The van der Waals surface area contributed by atoms with Gasteiger partial charge in [-0.15, -0.1) is 0 Å². The number of cyclic esters (lactones) is 1. The van der Waals surface area contributed by atoms with Crippen molar-refractivity contribution in [2.24, 2.45) is 5.14 Å². The Hall–Kier alpha value is -2.29. The van der Waals surface area contributed by atoms with Gasteiger partial charge in [-0.2, -0.15) is 0 Å². The molecule has 0 bridgehead atoms. The molecule has 1 aliphatic rings. The molecule has 0 aliphatic carbocycles. The van der Waals surface area contributed by atoms with Crippen LogP contribution >= 0.6 is 11.6 Å². The Morgan fingerprint density at radius 1 is 1.08 bits per heavy atom. The van der Waals surface area contributed by atoms with Crippen molar-refractivity contribution in [3.05, 3.63) is 64.2 Å². The molecule has 0 saturated heterocycles. The van der Waals surface area contributed by atoms with E-state index in [2.05, 4.69) is 0 Å². The molecule has 0 fully saturated rings. The number of primary sulfonamides is 1. The van der Waals surface area contributed by atoms with Crippen LogP contribution in [0.25, 0.3) is 11.1 Å². The second kappa shape index (κ2) is 6.21. The summed E-state index contributed by atoms with van der Waals surface area (Å²) in [6, 6.07) is 7.91. The summed E-state index contributed by atoms with van der Waals surface area (Å²) in [5.74, 6) is -3.38. The smallest absolute Gasteiger partial charge is 0.339 e. The van der Waals surface area contributed by atoms with Gasteiger partial charge in [0.25, 0.3) is 0 Å². The fraction of sp³-hybridized carbons (Fsp3) is 0.0625. The maximum atomic E-state index is 14.1. The number of sulfonamides is 1. The first-order valence-electron chi connectivity index (χ1n) is 6.87. The lowest BCUT2D eigenvalue weighted by molar-refractivity contribution is -0.133. The van der Waals surface area contributed by atoms with Gasteiger partial charge in [0.05, 0.1) is 5.57 Å². The molecule has 130 valence electrons. The third-order valence-corrected chi connectivity index (χ3v) is 4.79. The highest BCUT2D eigenvalue weighted by Crippen LogP contribution is 2.35. The van der Waals surface area contributed by atoms with Gasteiger partial charge in [0.15, 0.2) is 4.90 Å². The third kappa shape index (κ3) is 3.28. The van der Waals surface area contributed by atoms with Gasteiger partial charge in [0, 0.05) is 10.6 Å². The summed E-state index contributed by atoms with van der Waals surface area (Å²) in [5.41, 5.74) is 0.709. The molecule has 2 aromatic carbocycles. The maximum absolute atomic E-state index is 14.1. The van der Waals surface area contributed by atoms with Crippen LogP contribution in [0.1, 0.15) is 11.1 Å². The summed E-state index contributed by atoms with van der Waals surface area (Å²) in [5, 5.41) is 5.17. The molecule has 0 atom stereocenters. The van der Waals surface area contributed by atoms with E-state index in [4.69, 9.17) is 21.5 Å². The Bertz CT molecular complexity index is 1010. The first-order chi connectivity index (χ1) is 11.7. The SMILES string of the molecule is NS(=O)(=O)c1c(F)cc(C2=C(c3cccc(Cl)c3)C(=O)OC2)cc1F. The van der Waals surface area contributed by atoms with Gasteiger partial charge in [-0.25, -0.2) is 27.1 Å². The van der Waals surface area contributed by atoms with Gasteiger partial charge < -0.3 is 4.74 Å². The predicted molar refractivity (Wildman–Crippen MR) is 87.0 cm³/mol. The number of nitrogens with two attached hydrogens (primary N) is 1. The van der Waals surface area contributed by atoms with Crippen LogP contribution in [0.4, 0.5) is 8.78 Å². The van der Waals surface area contributed by atoms with Crippen molar-refractivity contribution >= 4 is 38.7 Å². The zero-order chi connectivity index (χ0) is 18.4. The van der Waals surface area contributed by atoms with E-state index in [9.17, 15) is 22.0 Å². The van der Waals surface area contributed by atoms with Crippen LogP contribution in [0.3, 0.4) is 0 Å². The monoisotopic (exact) mass is 385 g/mol. The molecule has 0 spiro atoms. The highest BCUT2D eigenvalue weighted by molar-refractivity contribution is 7.89. The minimum absolute atomic E-state index is 0.0248. The van der Waals surface area contributed by atoms with Crippen molar-refractivity contribution in [1.29, 1.82) is 0 Å². The van der Waals surface area contributed by atoms with Gasteiger partial charge in [-0.1, -0.05) is 23.7 Å². The lowest BCUT2D eigenvalue weighted by Gasteiger charge is -2.08. The van der Waals surface area contributed by atoms with Crippen molar-refractivity contribution in [3.63, 3.8) is 0 Å². The van der Waals surface area contributed by atoms with E-state index < -0.39 is 32.5 Å². The summed E-state index contributed by atoms with van der Waals surface area (Å²) in [7, 11) is -4.57. The zero-order valence-corrected chi connectivity index (χ0v) is 14.0. The minimum Gasteiger partial charge on any atom is -0.457 e. The molecule has 9 heteroatoms. The van der Waals surface area contributed by atoms with E-state index >= 15 is 0 Å². The first-order valence-corrected chi connectivity index (χ1v) is 8.79. The number of carbonyl (C=O) groups is 1. The Balaban J connectivity index is 2.22. The summed E-state index contributed by atoms with van der Waals surface area (Å²) < 4.78 is 55.7. The number of carbonyl (C=O) groups excluding carboxylic acids is 1. The number of ether oxygens (including phenoxy) is 1. The fourth-order valence-electron chi connectivity index (χ4n) is 2.57. The molecule has 0 amide bonds. The zero-order valence-electron chi connectivity index (χ0n) is 12.4. The quantitative estimate of drug-likeness (QED) is 0.823. The molecule has 0 radical (unpaired) electrons. The van der Waals surface area contributed by atoms with Crippen molar-refractivity contribution in [3.8, 4) is 0 Å². The molecule has 0 unspecified atom stereocenters. The standard InChI is InChI=1S/C16H10ClF2NO4S/c17-10-3-1-2-8(4-10)14-11(7-24-16(14)21)9-5-12(18)15(13(19)6-9)25(20,22)23/h1-6H,7H2,(H2,20,22,23). The van der Waals surface area contributed by atoms with E-state index in [-0.39, 0.29) is 23.3 Å². The maximum Gasteiger partial charge on any atom is 0.339 e. The Labute approximate surface area is 146 Å². The van der Waals surface area contributed by atoms with Crippen molar-refractivity contribution in [1.82, 2.24) is 0 Å². The van der Waals surface area contributed by atoms with Crippen LogP contribution in [0.5, 0.6) is 0 Å². The molecular formula is C16H10ClF2NO4S. The number of benzene rings is 2. The number of hydrogen-bond donors (Lipinski definition) is 1. The molecule has 2 N–H and O–H groups in total. The summed E-state index contributed by atoms with van der Waals surface area (Å²) in [6.07, 6.45) is 0. The molecule has 25 heavy (non-hydrogen) atoms. The lowest BCUT2D eigenvalue weighted by atomic mass is 9.96. The van der Waals surface area contributed by atoms with Gasteiger partial charge >= 0.3 is 5.97 Å². The van der Waals surface area contributed by atoms with Crippen LogP contribution in [0.2, 0.25) is 5.02 Å². The Morgan fingerprint density at radius 3 is 2.28 bits per heavy atom. The molecule has 1 heterocycles. The average Bonchev–Trinajstić information content (AvgIpc) is 2.86. The number of rotatable bonds is 3. The van der Waals surface area contributed by atoms with Gasteiger partial charge in [0.2, 0.25) is 10.0 Å². The second-order valence-electron chi connectivity index (χ2n) is 5.25. The largest absolute Gasteiger partial charge is 0.457 e. The number of hydrogen-bond acceptors (Lipinski definition) is 4. The Morgan fingerprint density at radius 2 is 1.72 bits per heavy atom. The van der Waals surface area contributed by atoms with Gasteiger partial charge in [0.1, 0.15) is 18.2 Å². The molecule has 3 rings (SSSR count). The normalized spacial score (nSPS) is 14.8. The van der Waals surface area contributed by atoms with Gasteiger partial charge in [-0.3, -0.25) is 0 Å². The van der Waals surface area contributed by atoms with Crippen LogP contribution in [0.15, 0.2) is 41.3 Å². The van der Waals surface area contributed by atoms with E-state index in [1.807, 2.05) is 0 Å². The van der Waals surface area contributed by atoms with Crippen LogP contribution < -0.4 is 5.14 Å². The van der Waals surface area contributed by atoms with E-state index in [1.54, 1.807) is 18.2 Å². The molecule has 1 aliphatic heterocycles. The average molecular weight is 386 g/mol. The van der Waals surface area contributed by atoms with Crippen LogP contribution in [0, 0.1) is 11.6 Å². The van der Waals surface area contributed by atoms with E-state index in [0.717, 1.165) is 12.1 Å². The topological polar surface area (TPSA) is 86.5 Å². The van der Waals surface area contributed by atoms with E-state index in [1.165, 1.54) is 6.07 Å². The molecular weight excluding hydrogens is 376 g/mol. The molecule has 0 aromatic heterocycles. The van der Waals surface area contributed by atoms with E-state index in [0.29, 0.717) is 10.6 Å². The molecule has 0 saturated carbocycles. The summed E-state index contributed by atoms with van der Waals surface area (Å²) in [6.45, 7) is -0.214. The third-order valence-electron chi connectivity index (χ3n) is 3.60. The number of esters is 1. The van der Waals surface area contributed by atoms with Crippen molar-refractivity contribution < 1.29 is 26.7 Å². The highest BCUT2D eigenvalue weighted by Gasteiger charge is 2.30. The predicted octanol–water partition coefficient (Wildman–Crippen LogP) is 2.73. The fourth-order valence-corrected chi connectivity index (χ4v) is 3.43. The lowest BCUT2D eigenvalue weighted by Crippen LogP contribution is -2.16. The van der Waals surface area contributed by atoms with Gasteiger partial charge in [-0.05, 0) is 35.4 Å². The second-order valence-corrected chi connectivity index (χ2v) is 7.19. The Kier molecular flexibility index (Phi) is 4.36. The van der Waals surface area contributed by atoms with Crippen molar-refractivity contribution in [2.45, 2.75) is 4.90 Å². The first kappa shape index (κ1) is 17.5. The number of halogens is 3. The highest BCUT2D eigenvalue weighted by atomic mass is 35.5. The summed E-state index contributed by atoms with van der Waals surface area (Å²) >= 11 is 5.91. The van der Waals surface area contributed by atoms with Crippen molar-refractivity contribution in [2.75, 3.05) is 6.61 Å². The van der Waals surface area contributed by atoms with Crippen LogP contribution in [-0.2, 0) is 19.6 Å². The molecule has 5 nitrogen and oxygen atoms in total. The summed E-state index contributed by atoms with van der Waals surface area (Å²) in [4.78, 5) is 10.8. The minimum atomic E-state index is -4.57. The van der Waals surface area contributed by atoms with Crippen LogP contribution in [-0.4, -0.2) is 21.0 Å². The molecule has 2 aromatic rings.